The van der Waals surface area contributed by atoms with Crippen molar-refractivity contribution in [1.82, 2.24) is 10.6 Å². The molecule has 0 radical (unpaired) electrons. The van der Waals surface area contributed by atoms with Crippen LogP contribution in [-0.4, -0.2) is 31.5 Å². The van der Waals surface area contributed by atoms with Gasteiger partial charge in [0, 0.05) is 23.4 Å². The first-order valence-corrected chi connectivity index (χ1v) is 6.10. The van der Waals surface area contributed by atoms with Gasteiger partial charge in [0.2, 0.25) is 5.91 Å². The van der Waals surface area contributed by atoms with Crippen LogP contribution in [0.5, 0.6) is 5.75 Å². The fourth-order valence-corrected chi connectivity index (χ4v) is 1.64. The molecular formula is C13H17N3O3. The molecule has 0 unspecified atom stereocenters. The molecule has 2 amide bonds. The van der Waals surface area contributed by atoms with Gasteiger partial charge in [0.15, 0.2) is 0 Å². The van der Waals surface area contributed by atoms with Crippen molar-refractivity contribution in [2.24, 2.45) is 0 Å². The van der Waals surface area contributed by atoms with E-state index < -0.39 is 0 Å². The molecule has 6 nitrogen and oxygen atoms in total. The Labute approximate surface area is 111 Å². The van der Waals surface area contributed by atoms with Gasteiger partial charge >= 0.3 is 0 Å². The summed E-state index contributed by atoms with van der Waals surface area (Å²) in [7, 11) is 1.50. The molecular weight excluding hydrogens is 246 g/mol. The van der Waals surface area contributed by atoms with Crippen molar-refractivity contribution in [3.05, 3.63) is 23.8 Å². The molecule has 0 saturated heterocycles. The predicted molar refractivity (Wildman–Crippen MR) is 70.9 cm³/mol. The van der Waals surface area contributed by atoms with Crippen molar-refractivity contribution < 1.29 is 14.3 Å². The SMILES string of the molecule is COc1cc(N)cc(C(=O)NCC(=O)NC2CC2)c1. The summed E-state index contributed by atoms with van der Waals surface area (Å²) in [4.78, 5) is 23.3. The molecule has 0 spiro atoms. The zero-order chi connectivity index (χ0) is 13.8. The molecule has 0 aromatic heterocycles. The van der Waals surface area contributed by atoms with Gasteiger partial charge in [-0.3, -0.25) is 9.59 Å². The Kier molecular flexibility index (Phi) is 3.89. The van der Waals surface area contributed by atoms with E-state index in [1.54, 1.807) is 12.1 Å². The molecule has 2 rings (SSSR count). The van der Waals surface area contributed by atoms with Gasteiger partial charge < -0.3 is 21.1 Å². The van der Waals surface area contributed by atoms with E-state index in [9.17, 15) is 9.59 Å². The van der Waals surface area contributed by atoms with Crippen LogP contribution in [0.2, 0.25) is 0 Å². The van der Waals surface area contributed by atoms with E-state index in [1.807, 2.05) is 0 Å². The second-order valence-corrected chi connectivity index (χ2v) is 4.52. The number of anilines is 1. The number of hydrogen-bond donors (Lipinski definition) is 3. The molecule has 102 valence electrons. The Morgan fingerprint density at radius 3 is 2.74 bits per heavy atom. The lowest BCUT2D eigenvalue weighted by molar-refractivity contribution is -0.120. The topological polar surface area (TPSA) is 93.4 Å². The third-order valence-corrected chi connectivity index (χ3v) is 2.78. The number of carbonyl (C=O) groups is 2. The summed E-state index contributed by atoms with van der Waals surface area (Å²) >= 11 is 0. The number of benzene rings is 1. The summed E-state index contributed by atoms with van der Waals surface area (Å²) in [5.41, 5.74) is 6.47. The maximum Gasteiger partial charge on any atom is 0.251 e. The van der Waals surface area contributed by atoms with Gasteiger partial charge in [0.1, 0.15) is 5.75 Å². The van der Waals surface area contributed by atoms with Gasteiger partial charge in [-0.1, -0.05) is 0 Å². The Morgan fingerprint density at radius 1 is 1.37 bits per heavy atom. The van der Waals surface area contributed by atoms with E-state index in [4.69, 9.17) is 10.5 Å². The summed E-state index contributed by atoms with van der Waals surface area (Å²) < 4.78 is 5.03. The molecule has 19 heavy (non-hydrogen) atoms. The van der Waals surface area contributed by atoms with E-state index in [0.717, 1.165) is 12.8 Å². The first kappa shape index (κ1) is 13.2. The normalized spacial score (nSPS) is 13.7. The van der Waals surface area contributed by atoms with E-state index in [1.165, 1.54) is 13.2 Å². The van der Waals surface area contributed by atoms with Crippen molar-refractivity contribution in [2.75, 3.05) is 19.4 Å². The highest BCUT2D eigenvalue weighted by molar-refractivity contribution is 5.97. The number of nitrogen functional groups attached to an aromatic ring is 1. The average Bonchev–Trinajstić information content (AvgIpc) is 3.19. The second kappa shape index (κ2) is 5.60. The van der Waals surface area contributed by atoms with Crippen LogP contribution in [0.4, 0.5) is 5.69 Å². The van der Waals surface area contributed by atoms with Crippen LogP contribution >= 0.6 is 0 Å². The predicted octanol–water partition coefficient (Wildman–Crippen LogP) is 0.286. The minimum Gasteiger partial charge on any atom is -0.497 e. The smallest absolute Gasteiger partial charge is 0.251 e. The maximum absolute atomic E-state index is 11.9. The molecule has 0 bridgehead atoms. The number of ether oxygens (including phenoxy) is 1. The third-order valence-electron chi connectivity index (χ3n) is 2.78. The largest absolute Gasteiger partial charge is 0.497 e. The summed E-state index contributed by atoms with van der Waals surface area (Å²) in [6.45, 7) is -0.0353. The van der Waals surface area contributed by atoms with Crippen molar-refractivity contribution in [2.45, 2.75) is 18.9 Å². The number of methoxy groups -OCH3 is 1. The fourth-order valence-electron chi connectivity index (χ4n) is 1.64. The lowest BCUT2D eigenvalue weighted by Gasteiger charge is -2.08. The van der Waals surface area contributed by atoms with E-state index >= 15 is 0 Å². The molecule has 1 aromatic carbocycles. The van der Waals surface area contributed by atoms with Crippen LogP contribution in [0.3, 0.4) is 0 Å². The molecule has 1 fully saturated rings. The third kappa shape index (κ3) is 3.87. The summed E-state index contributed by atoms with van der Waals surface area (Å²) in [6, 6.07) is 5.02. The molecule has 4 N–H and O–H groups in total. The Balaban J connectivity index is 1.91. The van der Waals surface area contributed by atoms with Crippen LogP contribution in [0.25, 0.3) is 0 Å². The highest BCUT2D eigenvalue weighted by atomic mass is 16.5. The minimum atomic E-state index is -0.350. The Morgan fingerprint density at radius 2 is 2.11 bits per heavy atom. The number of nitrogens with two attached hydrogens (primary N) is 1. The second-order valence-electron chi connectivity index (χ2n) is 4.52. The number of nitrogens with one attached hydrogen (secondary N) is 2. The summed E-state index contributed by atoms with van der Waals surface area (Å²) in [5.74, 6) is -0.0177. The van der Waals surface area contributed by atoms with Crippen LogP contribution in [0.15, 0.2) is 18.2 Å². The number of hydrogen-bond acceptors (Lipinski definition) is 4. The quantitative estimate of drug-likeness (QED) is 0.665. The molecule has 0 atom stereocenters. The molecule has 1 aliphatic carbocycles. The lowest BCUT2D eigenvalue weighted by Crippen LogP contribution is -2.37. The van der Waals surface area contributed by atoms with Crippen molar-refractivity contribution in [3.8, 4) is 5.75 Å². The van der Waals surface area contributed by atoms with Crippen molar-refractivity contribution in [1.29, 1.82) is 0 Å². The zero-order valence-electron chi connectivity index (χ0n) is 10.7. The van der Waals surface area contributed by atoms with E-state index in [0.29, 0.717) is 17.0 Å². The van der Waals surface area contributed by atoms with Gasteiger partial charge in [0.25, 0.3) is 5.91 Å². The van der Waals surface area contributed by atoms with Crippen LogP contribution in [-0.2, 0) is 4.79 Å². The van der Waals surface area contributed by atoms with Crippen molar-refractivity contribution in [3.63, 3.8) is 0 Å². The molecule has 0 aliphatic heterocycles. The first-order valence-electron chi connectivity index (χ1n) is 6.10. The highest BCUT2D eigenvalue weighted by Crippen LogP contribution is 2.19. The minimum absolute atomic E-state index is 0.0353. The average molecular weight is 263 g/mol. The standard InChI is InChI=1S/C13H17N3O3/c1-19-11-5-8(4-9(14)6-11)13(18)15-7-12(17)16-10-2-3-10/h4-6,10H,2-3,7,14H2,1H3,(H,15,18)(H,16,17). The van der Waals surface area contributed by atoms with Crippen LogP contribution < -0.4 is 21.1 Å². The Bertz CT molecular complexity index is 498. The molecule has 1 aromatic rings. The molecule has 1 aliphatic rings. The number of rotatable bonds is 5. The summed E-state index contributed by atoms with van der Waals surface area (Å²) in [5, 5.41) is 5.34. The number of amides is 2. The lowest BCUT2D eigenvalue weighted by atomic mass is 10.1. The van der Waals surface area contributed by atoms with Gasteiger partial charge in [-0.2, -0.15) is 0 Å². The van der Waals surface area contributed by atoms with Gasteiger partial charge in [0.05, 0.1) is 13.7 Å². The first-order chi connectivity index (χ1) is 9.08. The Hall–Kier alpha value is -2.24. The van der Waals surface area contributed by atoms with Crippen LogP contribution in [0.1, 0.15) is 23.2 Å². The number of carbonyl (C=O) groups excluding carboxylic acids is 2. The van der Waals surface area contributed by atoms with Gasteiger partial charge in [-0.05, 0) is 25.0 Å². The van der Waals surface area contributed by atoms with Gasteiger partial charge in [-0.25, -0.2) is 0 Å². The van der Waals surface area contributed by atoms with Crippen LogP contribution in [0, 0.1) is 0 Å². The monoisotopic (exact) mass is 263 g/mol. The molecule has 1 saturated carbocycles. The van der Waals surface area contributed by atoms with Gasteiger partial charge in [-0.15, -0.1) is 0 Å². The van der Waals surface area contributed by atoms with E-state index in [2.05, 4.69) is 10.6 Å². The summed E-state index contributed by atoms with van der Waals surface area (Å²) in [6.07, 6.45) is 2.04. The van der Waals surface area contributed by atoms with E-state index in [-0.39, 0.29) is 24.4 Å². The maximum atomic E-state index is 11.9. The molecule has 0 heterocycles. The molecule has 6 heteroatoms. The van der Waals surface area contributed by atoms with Crippen molar-refractivity contribution >= 4 is 17.5 Å². The zero-order valence-corrected chi connectivity index (χ0v) is 10.7. The highest BCUT2D eigenvalue weighted by Gasteiger charge is 2.23. The fraction of sp³-hybridized carbons (Fsp3) is 0.385.